The fourth-order valence-electron chi connectivity index (χ4n) is 4.86. The molecule has 0 amide bonds. The van der Waals surface area contributed by atoms with Gasteiger partial charge in [-0.1, -0.05) is 0 Å². The molecule has 0 aromatic heterocycles. The Morgan fingerprint density at radius 3 is 2.12 bits per heavy atom. The molecule has 0 aliphatic heterocycles. The van der Waals surface area contributed by atoms with Crippen molar-refractivity contribution >= 4 is 5.97 Å². The van der Waals surface area contributed by atoms with E-state index in [2.05, 4.69) is 0 Å². The highest BCUT2D eigenvalue weighted by atomic mass is 16.6. The second-order valence-electron chi connectivity index (χ2n) is 6.51. The molecule has 0 saturated heterocycles. The molecule has 3 nitrogen and oxygen atoms in total. The number of carbonyl (C=O) groups excluding carboxylic acids is 1. The molecular formula is C14H22O3. The lowest BCUT2D eigenvalue weighted by Crippen LogP contribution is -2.48. The third-order valence-electron chi connectivity index (χ3n) is 4.97. The molecule has 3 heteroatoms. The minimum absolute atomic E-state index is 0.0896. The van der Waals surface area contributed by atoms with E-state index in [1.54, 1.807) is 0 Å². The third kappa shape index (κ3) is 2.22. The lowest BCUT2D eigenvalue weighted by atomic mass is 9.50. The van der Waals surface area contributed by atoms with Gasteiger partial charge in [0, 0.05) is 12.5 Å². The van der Waals surface area contributed by atoms with Gasteiger partial charge >= 0.3 is 5.97 Å². The highest BCUT2D eigenvalue weighted by Crippen LogP contribution is 2.59. The SMILES string of the molecule is COCC(=O)OCC12CC3CC(CC(C3)C1)C2. The summed E-state index contributed by atoms with van der Waals surface area (Å²) in [5.41, 5.74) is 0.331. The van der Waals surface area contributed by atoms with Crippen LogP contribution in [0.25, 0.3) is 0 Å². The van der Waals surface area contributed by atoms with Gasteiger partial charge in [-0.25, -0.2) is 4.79 Å². The molecule has 17 heavy (non-hydrogen) atoms. The topological polar surface area (TPSA) is 35.5 Å². The summed E-state index contributed by atoms with van der Waals surface area (Å²) in [5.74, 6) is 2.55. The van der Waals surface area contributed by atoms with E-state index in [0.717, 1.165) is 17.8 Å². The highest BCUT2D eigenvalue weighted by Gasteiger charge is 2.51. The molecule has 4 rings (SSSR count). The maximum absolute atomic E-state index is 11.4. The van der Waals surface area contributed by atoms with Crippen LogP contribution in [0, 0.1) is 23.2 Å². The van der Waals surface area contributed by atoms with Gasteiger partial charge in [0.05, 0.1) is 6.61 Å². The van der Waals surface area contributed by atoms with E-state index >= 15 is 0 Å². The van der Waals surface area contributed by atoms with Crippen LogP contribution in [0.4, 0.5) is 0 Å². The summed E-state index contributed by atoms with van der Waals surface area (Å²) in [7, 11) is 1.53. The number of methoxy groups -OCH3 is 1. The van der Waals surface area contributed by atoms with Crippen LogP contribution in [-0.4, -0.2) is 26.3 Å². The molecule has 0 spiro atoms. The van der Waals surface area contributed by atoms with Crippen molar-refractivity contribution in [1.29, 1.82) is 0 Å². The first-order valence-corrected chi connectivity index (χ1v) is 6.84. The smallest absolute Gasteiger partial charge is 0.332 e. The summed E-state index contributed by atoms with van der Waals surface area (Å²) in [5, 5.41) is 0. The van der Waals surface area contributed by atoms with E-state index in [4.69, 9.17) is 9.47 Å². The van der Waals surface area contributed by atoms with E-state index in [0.29, 0.717) is 12.0 Å². The summed E-state index contributed by atoms with van der Waals surface area (Å²) in [4.78, 5) is 11.4. The van der Waals surface area contributed by atoms with Crippen LogP contribution >= 0.6 is 0 Å². The number of rotatable bonds is 4. The Morgan fingerprint density at radius 1 is 1.12 bits per heavy atom. The van der Waals surface area contributed by atoms with Crippen molar-refractivity contribution < 1.29 is 14.3 Å². The fraction of sp³-hybridized carbons (Fsp3) is 0.929. The molecule has 0 N–H and O–H groups in total. The Hall–Kier alpha value is -0.570. The van der Waals surface area contributed by atoms with Crippen molar-refractivity contribution in [3.8, 4) is 0 Å². The lowest BCUT2D eigenvalue weighted by molar-refractivity contribution is -0.159. The summed E-state index contributed by atoms with van der Waals surface area (Å²) < 4.78 is 10.2. The number of esters is 1. The minimum Gasteiger partial charge on any atom is -0.463 e. The fourth-order valence-corrected chi connectivity index (χ4v) is 4.86. The molecule has 4 saturated carbocycles. The molecule has 4 aliphatic rings. The first kappa shape index (κ1) is 11.5. The number of hydrogen-bond acceptors (Lipinski definition) is 3. The van der Waals surface area contributed by atoms with Gasteiger partial charge in [-0.15, -0.1) is 0 Å². The Balaban J connectivity index is 1.60. The Labute approximate surface area is 103 Å². The number of ether oxygens (including phenoxy) is 2. The monoisotopic (exact) mass is 238 g/mol. The molecule has 0 radical (unpaired) electrons. The standard InChI is InChI=1S/C14H22O3/c1-16-8-13(15)17-9-14-5-10-2-11(6-14)4-12(3-10)7-14/h10-12H,2-9H2,1H3. The Bertz CT molecular complexity index is 275. The molecule has 0 heterocycles. The zero-order chi connectivity index (χ0) is 11.9. The molecular weight excluding hydrogens is 216 g/mol. The molecule has 0 aromatic rings. The van der Waals surface area contributed by atoms with Gasteiger partial charge in [0.2, 0.25) is 0 Å². The van der Waals surface area contributed by atoms with Crippen molar-refractivity contribution in [2.24, 2.45) is 23.2 Å². The van der Waals surface area contributed by atoms with Gasteiger partial charge in [-0.3, -0.25) is 0 Å². The predicted molar refractivity (Wildman–Crippen MR) is 63.4 cm³/mol. The maximum Gasteiger partial charge on any atom is 0.332 e. The molecule has 96 valence electrons. The van der Waals surface area contributed by atoms with Crippen LogP contribution in [0.15, 0.2) is 0 Å². The number of hydrogen-bond donors (Lipinski definition) is 0. The van der Waals surface area contributed by atoms with Crippen molar-refractivity contribution in [2.75, 3.05) is 20.3 Å². The largest absolute Gasteiger partial charge is 0.463 e. The predicted octanol–water partition coefficient (Wildman–Crippen LogP) is 2.39. The normalized spacial score (nSPS) is 42.8. The van der Waals surface area contributed by atoms with Crippen LogP contribution in [-0.2, 0) is 14.3 Å². The van der Waals surface area contributed by atoms with Crippen LogP contribution in [0.3, 0.4) is 0 Å². The van der Waals surface area contributed by atoms with Gasteiger partial charge in [-0.05, 0) is 56.3 Å². The minimum atomic E-state index is -0.205. The van der Waals surface area contributed by atoms with Gasteiger partial charge in [-0.2, -0.15) is 0 Å². The molecule has 4 fully saturated rings. The van der Waals surface area contributed by atoms with Crippen molar-refractivity contribution in [1.82, 2.24) is 0 Å². The van der Waals surface area contributed by atoms with Crippen LogP contribution in [0.1, 0.15) is 38.5 Å². The summed E-state index contributed by atoms with van der Waals surface area (Å²) >= 11 is 0. The van der Waals surface area contributed by atoms with Crippen LogP contribution < -0.4 is 0 Å². The van der Waals surface area contributed by atoms with Crippen molar-refractivity contribution in [2.45, 2.75) is 38.5 Å². The average Bonchev–Trinajstić information content (AvgIpc) is 2.25. The first-order chi connectivity index (χ1) is 8.19. The average molecular weight is 238 g/mol. The van der Waals surface area contributed by atoms with Crippen LogP contribution in [0.2, 0.25) is 0 Å². The maximum atomic E-state index is 11.4. The van der Waals surface area contributed by atoms with E-state index in [1.807, 2.05) is 0 Å². The van der Waals surface area contributed by atoms with E-state index < -0.39 is 0 Å². The lowest BCUT2D eigenvalue weighted by Gasteiger charge is -2.56. The summed E-state index contributed by atoms with van der Waals surface area (Å²) in [6.45, 7) is 0.727. The van der Waals surface area contributed by atoms with Gasteiger partial charge in [0.1, 0.15) is 6.61 Å². The van der Waals surface area contributed by atoms with Gasteiger partial charge < -0.3 is 9.47 Å². The van der Waals surface area contributed by atoms with Crippen molar-refractivity contribution in [3.05, 3.63) is 0 Å². The summed E-state index contributed by atoms with van der Waals surface area (Å²) in [6, 6.07) is 0. The molecule has 0 unspecified atom stereocenters. The second kappa shape index (κ2) is 4.27. The molecule has 4 bridgehead atoms. The van der Waals surface area contributed by atoms with Crippen LogP contribution in [0.5, 0.6) is 0 Å². The molecule has 0 aromatic carbocycles. The molecule has 4 aliphatic carbocycles. The summed E-state index contributed by atoms with van der Waals surface area (Å²) in [6.07, 6.45) is 8.18. The van der Waals surface area contributed by atoms with Gasteiger partial charge in [0.25, 0.3) is 0 Å². The quantitative estimate of drug-likeness (QED) is 0.705. The first-order valence-electron chi connectivity index (χ1n) is 6.84. The van der Waals surface area contributed by atoms with Gasteiger partial charge in [0.15, 0.2) is 0 Å². The second-order valence-corrected chi connectivity index (χ2v) is 6.51. The van der Waals surface area contributed by atoms with E-state index in [-0.39, 0.29) is 12.6 Å². The van der Waals surface area contributed by atoms with E-state index in [1.165, 1.54) is 45.6 Å². The van der Waals surface area contributed by atoms with E-state index in [9.17, 15) is 4.79 Å². The Kier molecular flexibility index (Phi) is 2.89. The molecule has 0 atom stereocenters. The highest BCUT2D eigenvalue weighted by molar-refractivity contribution is 5.70. The zero-order valence-electron chi connectivity index (χ0n) is 10.6. The third-order valence-corrected chi connectivity index (χ3v) is 4.97. The van der Waals surface area contributed by atoms with Crippen molar-refractivity contribution in [3.63, 3.8) is 0 Å². The zero-order valence-corrected chi connectivity index (χ0v) is 10.6. The number of carbonyl (C=O) groups is 1. The Morgan fingerprint density at radius 2 is 1.65 bits per heavy atom.